The molecule has 1 rings (SSSR count). The van der Waals surface area contributed by atoms with Gasteiger partial charge in [-0.1, -0.05) is 0 Å². The van der Waals surface area contributed by atoms with E-state index in [0.717, 1.165) is 8.95 Å². The lowest BCUT2D eigenvalue weighted by atomic mass is 10.3. The summed E-state index contributed by atoms with van der Waals surface area (Å²) >= 11 is 6.83. The fraction of sp³-hybridized carbons (Fsp3) is 0.571. The molecule has 0 bridgehead atoms. The van der Waals surface area contributed by atoms with E-state index in [-0.39, 0.29) is 13.2 Å². The molecule has 0 aromatic heterocycles. The highest BCUT2D eigenvalue weighted by molar-refractivity contribution is 9.13. The van der Waals surface area contributed by atoms with Gasteiger partial charge in [0.25, 0.3) is 0 Å². The normalized spacial score (nSPS) is 10.7. The summed E-state index contributed by atoms with van der Waals surface area (Å²) in [6.45, 7) is 2.04. The molecule has 0 spiro atoms. The Hall–Kier alpha value is -0.380. The molecular weight excluding hydrogens is 424 g/mol. The van der Waals surface area contributed by atoms with E-state index >= 15 is 0 Å². The Morgan fingerprint density at radius 3 is 1.45 bits per heavy atom. The maximum absolute atomic E-state index is 8.63. The molecule has 0 saturated carbocycles. The summed E-state index contributed by atoms with van der Waals surface area (Å²) in [6.07, 6.45) is 0. The van der Waals surface area contributed by atoms with Crippen molar-refractivity contribution in [3.05, 3.63) is 21.1 Å². The minimum atomic E-state index is -0.00790. The Balaban J connectivity index is 2.51. The quantitative estimate of drug-likeness (QED) is 0.481. The van der Waals surface area contributed by atoms with Crippen molar-refractivity contribution in [2.24, 2.45) is 0 Å². The Morgan fingerprint density at radius 1 is 0.682 bits per heavy atom. The van der Waals surface area contributed by atoms with Crippen molar-refractivity contribution < 1.29 is 29.2 Å². The Kier molecular flexibility index (Phi) is 10.8. The van der Waals surface area contributed by atoms with Crippen LogP contribution in [0.4, 0.5) is 0 Å². The summed E-state index contributed by atoms with van der Waals surface area (Å²) in [4.78, 5) is 0. The van der Waals surface area contributed by atoms with Gasteiger partial charge < -0.3 is 29.2 Å². The molecule has 0 radical (unpaired) electrons. The molecule has 0 amide bonds. The zero-order valence-corrected chi connectivity index (χ0v) is 15.3. The van der Waals surface area contributed by atoms with Crippen LogP contribution in [0.3, 0.4) is 0 Å². The fourth-order valence-corrected chi connectivity index (χ4v) is 2.14. The standard InChI is InChI=1S/C14H20Br2O6/c15-11-9-13(21-7-5-19-3-1-17)14(10-12(11)16)22-8-6-20-4-2-18/h9-10,17-18H,1-8H2. The molecule has 126 valence electrons. The highest BCUT2D eigenvalue weighted by Gasteiger charge is 2.10. The number of halogens is 2. The van der Waals surface area contributed by atoms with Crippen LogP contribution in [0, 0.1) is 0 Å². The summed E-state index contributed by atoms with van der Waals surface area (Å²) in [5, 5.41) is 17.3. The second-order valence-electron chi connectivity index (χ2n) is 4.08. The lowest BCUT2D eigenvalue weighted by Crippen LogP contribution is -2.12. The second kappa shape index (κ2) is 12.1. The Bertz CT molecular complexity index is 391. The summed E-state index contributed by atoms with van der Waals surface area (Å²) in [7, 11) is 0. The van der Waals surface area contributed by atoms with E-state index in [0.29, 0.717) is 51.1 Å². The molecule has 0 heterocycles. The van der Waals surface area contributed by atoms with Crippen LogP contribution in [-0.2, 0) is 9.47 Å². The molecule has 0 fully saturated rings. The molecule has 0 aliphatic carbocycles. The van der Waals surface area contributed by atoms with Crippen LogP contribution in [-0.4, -0.2) is 63.1 Å². The van der Waals surface area contributed by atoms with Crippen molar-refractivity contribution in [1.82, 2.24) is 0 Å². The van der Waals surface area contributed by atoms with Gasteiger partial charge in [-0.2, -0.15) is 0 Å². The molecule has 22 heavy (non-hydrogen) atoms. The van der Waals surface area contributed by atoms with Crippen molar-refractivity contribution in [3.8, 4) is 11.5 Å². The van der Waals surface area contributed by atoms with Gasteiger partial charge in [0.2, 0.25) is 0 Å². The second-order valence-corrected chi connectivity index (χ2v) is 5.79. The predicted molar refractivity (Wildman–Crippen MR) is 88.6 cm³/mol. The molecule has 6 nitrogen and oxygen atoms in total. The fourth-order valence-electron chi connectivity index (χ4n) is 1.49. The largest absolute Gasteiger partial charge is 0.487 e. The van der Waals surface area contributed by atoms with Gasteiger partial charge in [-0.15, -0.1) is 0 Å². The maximum atomic E-state index is 8.63. The topological polar surface area (TPSA) is 77.4 Å². The van der Waals surface area contributed by atoms with Gasteiger partial charge in [0.05, 0.1) is 39.6 Å². The molecule has 2 N–H and O–H groups in total. The van der Waals surface area contributed by atoms with Crippen LogP contribution in [0.1, 0.15) is 0 Å². The summed E-state index contributed by atoms with van der Waals surface area (Å²) in [6, 6.07) is 3.61. The van der Waals surface area contributed by atoms with Crippen molar-refractivity contribution in [2.75, 3.05) is 52.9 Å². The minimum Gasteiger partial charge on any atom is -0.487 e. The number of hydrogen-bond donors (Lipinski definition) is 2. The molecule has 0 unspecified atom stereocenters. The molecule has 1 aromatic rings. The van der Waals surface area contributed by atoms with Crippen LogP contribution < -0.4 is 9.47 Å². The first-order valence-corrected chi connectivity index (χ1v) is 8.39. The zero-order valence-electron chi connectivity index (χ0n) is 12.1. The van der Waals surface area contributed by atoms with E-state index in [1.54, 1.807) is 12.1 Å². The van der Waals surface area contributed by atoms with Crippen LogP contribution in [0.2, 0.25) is 0 Å². The number of aliphatic hydroxyl groups excluding tert-OH is 2. The number of hydrogen-bond acceptors (Lipinski definition) is 6. The van der Waals surface area contributed by atoms with Crippen LogP contribution in [0.15, 0.2) is 21.1 Å². The number of ether oxygens (including phenoxy) is 4. The first-order chi connectivity index (χ1) is 10.7. The van der Waals surface area contributed by atoms with Gasteiger partial charge in [-0.05, 0) is 44.0 Å². The van der Waals surface area contributed by atoms with Gasteiger partial charge in [0.1, 0.15) is 13.2 Å². The van der Waals surface area contributed by atoms with Gasteiger partial charge in [-0.25, -0.2) is 0 Å². The van der Waals surface area contributed by atoms with E-state index in [9.17, 15) is 0 Å². The van der Waals surface area contributed by atoms with E-state index in [1.165, 1.54) is 0 Å². The average Bonchev–Trinajstić information content (AvgIpc) is 2.51. The molecule has 8 heteroatoms. The molecular formula is C14H20Br2O6. The van der Waals surface area contributed by atoms with Crippen molar-refractivity contribution >= 4 is 31.9 Å². The summed E-state index contributed by atoms with van der Waals surface area (Å²) in [5.74, 6) is 1.18. The van der Waals surface area contributed by atoms with Gasteiger partial charge in [-0.3, -0.25) is 0 Å². The monoisotopic (exact) mass is 442 g/mol. The molecule has 1 aromatic carbocycles. The predicted octanol–water partition coefficient (Wildman–Crippen LogP) is 1.99. The van der Waals surface area contributed by atoms with Gasteiger partial charge >= 0.3 is 0 Å². The van der Waals surface area contributed by atoms with Crippen molar-refractivity contribution in [2.45, 2.75) is 0 Å². The smallest absolute Gasteiger partial charge is 0.162 e. The maximum Gasteiger partial charge on any atom is 0.162 e. The van der Waals surface area contributed by atoms with Crippen LogP contribution >= 0.6 is 31.9 Å². The zero-order chi connectivity index (χ0) is 16.2. The highest BCUT2D eigenvalue weighted by atomic mass is 79.9. The minimum absolute atomic E-state index is 0.00790. The van der Waals surface area contributed by atoms with Gasteiger partial charge in [0.15, 0.2) is 11.5 Å². The SMILES string of the molecule is OCCOCCOc1cc(Br)c(Br)cc1OCCOCCO. The Labute approximate surface area is 146 Å². The molecule has 0 aliphatic rings. The van der Waals surface area contributed by atoms with Crippen molar-refractivity contribution in [3.63, 3.8) is 0 Å². The third-order valence-electron chi connectivity index (χ3n) is 2.43. The number of benzene rings is 1. The van der Waals surface area contributed by atoms with E-state index in [2.05, 4.69) is 31.9 Å². The van der Waals surface area contributed by atoms with Gasteiger partial charge in [0, 0.05) is 8.95 Å². The molecule has 0 aliphatic heterocycles. The Morgan fingerprint density at radius 2 is 1.09 bits per heavy atom. The van der Waals surface area contributed by atoms with Crippen molar-refractivity contribution in [1.29, 1.82) is 0 Å². The highest BCUT2D eigenvalue weighted by Crippen LogP contribution is 2.36. The third kappa shape index (κ3) is 7.75. The number of aliphatic hydroxyl groups is 2. The lowest BCUT2D eigenvalue weighted by molar-refractivity contribution is 0.0644. The average molecular weight is 444 g/mol. The third-order valence-corrected chi connectivity index (χ3v) is 4.27. The summed E-state index contributed by atoms with van der Waals surface area (Å²) < 4.78 is 23.3. The number of rotatable bonds is 12. The van der Waals surface area contributed by atoms with E-state index < -0.39 is 0 Å². The molecule has 0 saturated heterocycles. The first kappa shape index (κ1) is 19.7. The molecule has 0 atom stereocenters. The van der Waals surface area contributed by atoms with E-state index in [4.69, 9.17) is 29.2 Å². The van der Waals surface area contributed by atoms with E-state index in [1.807, 2.05) is 0 Å². The first-order valence-electron chi connectivity index (χ1n) is 6.81. The van der Waals surface area contributed by atoms with Crippen LogP contribution in [0.5, 0.6) is 11.5 Å². The summed E-state index contributed by atoms with van der Waals surface area (Å²) in [5.41, 5.74) is 0. The lowest BCUT2D eigenvalue weighted by Gasteiger charge is -2.14. The van der Waals surface area contributed by atoms with Crippen LogP contribution in [0.25, 0.3) is 0 Å².